The monoisotopic (exact) mass is 276 g/mol. The third kappa shape index (κ3) is 2.51. The lowest BCUT2D eigenvalue weighted by atomic mass is 10.1. The van der Waals surface area contributed by atoms with E-state index < -0.39 is 0 Å². The summed E-state index contributed by atoms with van der Waals surface area (Å²) in [5, 5.41) is 0. The molecule has 0 bridgehead atoms. The number of likely N-dealkylation sites (N-methyl/N-ethyl adjacent to an activating group) is 2. The minimum Gasteiger partial charge on any atom is -0.493 e. The van der Waals surface area contributed by atoms with E-state index in [-0.39, 0.29) is 12.0 Å². The number of carbonyl (C=O) groups is 1. The zero-order valence-corrected chi connectivity index (χ0v) is 12.0. The number of hydrogen-bond donors (Lipinski definition) is 0. The number of nitrogens with zero attached hydrogens (tertiary/aromatic N) is 2. The molecular weight excluding hydrogens is 256 g/mol. The Kier molecular flexibility index (Phi) is 3.63. The predicted molar refractivity (Wildman–Crippen MR) is 76.3 cm³/mol. The maximum Gasteiger partial charge on any atom is 0.257 e. The summed E-state index contributed by atoms with van der Waals surface area (Å²) in [5.74, 6) is 0.943. The van der Waals surface area contributed by atoms with Crippen molar-refractivity contribution in [3.8, 4) is 5.75 Å². The summed E-state index contributed by atoms with van der Waals surface area (Å²) in [4.78, 5) is 16.3. The van der Waals surface area contributed by atoms with Gasteiger partial charge in [-0.15, -0.1) is 0 Å². The Morgan fingerprint density at radius 2 is 2.25 bits per heavy atom. The van der Waals surface area contributed by atoms with Crippen molar-refractivity contribution in [3.05, 3.63) is 23.8 Å². The first-order chi connectivity index (χ1) is 9.65. The molecule has 0 spiro atoms. The zero-order chi connectivity index (χ0) is 14.1. The number of rotatable bonds is 2. The van der Waals surface area contributed by atoms with Crippen LogP contribution in [-0.4, -0.2) is 57.3 Å². The van der Waals surface area contributed by atoms with Crippen LogP contribution < -0.4 is 9.64 Å². The van der Waals surface area contributed by atoms with Crippen LogP contribution in [0, 0.1) is 0 Å². The zero-order valence-electron chi connectivity index (χ0n) is 12.0. The molecule has 2 heterocycles. The second-order valence-corrected chi connectivity index (χ2v) is 5.41. The third-order valence-corrected chi connectivity index (χ3v) is 3.94. The van der Waals surface area contributed by atoms with E-state index in [1.165, 1.54) is 5.56 Å². The SMILES string of the molecule is CN1CCO[C@@H](C(=O)N(C)c2ccc3c(c2)CCO3)C1. The summed E-state index contributed by atoms with van der Waals surface area (Å²) in [5.41, 5.74) is 2.07. The van der Waals surface area contributed by atoms with Gasteiger partial charge in [0.15, 0.2) is 0 Å². The number of benzene rings is 1. The van der Waals surface area contributed by atoms with Crippen molar-refractivity contribution in [1.29, 1.82) is 0 Å². The number of amides is 1. The topological polar surface area (TPSA) is 42.0 Å². The maximum atomic E-state index is 12.5. The van der Waals surface area contributed by atoms with E-state index in [2.05, 4.69) is 4.90 Å². The summed E-state index contributed by atoms with van der Waals surface area (Å²) in [7, 11) is 3.81. The van der Waals surface area contributed by atoms with Crippen LogP contribution >= 0.6 is 0 Å². The molecule has 1 aromatic carbocycles. The van der Waals surface area contributed by atoms with E-state index >= 15 is 0 Å². The van der Waals surface area contributed by atoms with Crippen LogP contribution in [0.1, 0.15) is 5.56 Å². The lowest BCUT2D eigenvalue weighted by Crippen LogP contribution is -2.49. The molecule has 5 nitrogen and oxygen atoms in total. The molecule has 1 aromatic rings. The Labute approximate surface area is 119 Å². The van der Waals surface area contributed by atoms with Crippen LogP contribution in [0.4, 0.5) is 5.69 Å². The van der Waals surface area contributed by atoms with Gasteiger partial charge in [-0.3, -0.25) is 4.79 Å². The van der Waals surface area contributed by atoms with E-state index in [0.717, 1.165) is 31.0 Å². The van der Waals surface area contributed by atoms with Gasteiger partial charge in [0.2, 0.25) is 0 Å². The molecule has 3 rings (SSSR count). The molecule has 5 heteroatoms. The first-order valence-electron chi connectivity index (χ1n) is 6.98. The van der Waals surface area contributed by atoms with Gasteiger partial charge < -0.3 is 19.3 Å². The van der Waals surface area contributed by atoms with Crippen molar-refractivity contribution in [2.75, 3.05) is 45.3 Å². The third-order valence-electron chi connectivity index (χ3n) is 3.94. The first-order valence-corrected chi connectivity index (χ1v) is 6.98. The minimum absolute atomic E-state index is 0.00964. The number of ether oxygens (including phenoxy) is 2. The summed E-state index contributed by atoms with van der Waals surface area (Å²) in [6.07, 6.45) is 0.539. The molecule has 1 fully saturated rings. The van der Waals surface area contributed by atoms with Gasteiger partial charge in [0.05, 0.1) is 13.2 Å². The average molecular weight is 276 g/mol. The van der Waals surface area contributed by atoms with Crippen molar-refractivity contribution in [1.82, 2.24) is 4.90 Å². The molecule has 0 saturated carbocycles. The first kappa shape index (κ1) is 13.4. The molecule has 20 heavy (non-hydrogen) atoms. The van der Waals surface area contributed by atoms with E-state index in [9.17, 15) is 4.79 Å². The van der Waals surface area contributed by atoms with Crippen LogP contribution in [0.15, 0.2) is 18.2 Å². The Hall–Kier alpha value is -1.59. The van der Waals surface area contributed by atoms with Crippen LogP contribution in [-0.2, 0) is 16.0 Å². The van der Waals surface area contributed by atoms with Crippen molar-refractivity contribution in [2.24, 2.45) is 0 Å². The Balaban J connectivity index is 1.74. The molecule has 0 unspecified atom stereocenters. The van der Waals surface area contributed by atoms with Gasteiger partial charge in [-0.25, -0.2) is 0 Å². The fourth-order valence-electron chi connectivity index (χ4n) is 2.65. The average Bonchev–Trinajstić information content (AvgIpc) is 2.93. The van der Waals surface area contributed by atoms with Crippen molar-refractivity contribution in [2.45, 2.75) is 12.5 Å². The lowest BCUT2D eigenvalue weighted by molar-refractivity contribution is -0.134. The standard InChI is InChI=1S/C15H20N2O3/c1-16-6-8-20-14(10-16)15(18)17(2)12-3-4-13-11(9-12)5-7-19-13/h3-4,9,14H,5-8,10H2,1-2H3/t14-/m1/s1. The molecule has 108 valence electrons. The molecule has 0 aliphatic carbocycles. The number of morpholine rings is 1. The fourth-order valence-corrected chi connectivity index (χ4v) is 2.65. The molecule has 0 radical (unpaired) electrons. The lowest BCUT2D eigenvalue weighted by Gasteiger charge is -2.31. The molecular formula is C15H20N2O3. The number of anilines is 1. The maximum absolute atomic E-state index is 12.5. The molecule has 0 aromatic heterocycles. The molecule has 1 saturated heterocycles. The van der Waals surface area contributed by atoms with E-state index in [0.29, 0.717) is 13.2 Å². The van der Waals surface area contributed by atoms with Crippen molar-refractivity contribution >= 4 is 11.6 Å². The highest BCUT2D eigenvalue weighted by molar-refractivity contribution is 5.96. The number of fused-ring (bicyclic) bond motifs is 1. The highest BCUT2D eigenvalue weighted by Gasteiger charge is 2.28. The normalized spacial score (nSPS) is 22.2. The van der Waals surface area contributed by atoms with Gasteiger partial charge in [0, 0.05) is 32.2 Å². The second kappa shape index (κ2) is 5.42. The van der Waals surface area contributed by atoms with Crippen LogP contribution in [0.5, 0.6) is 5.75 Å². The Morgan fingerprint density at radius 1 is 1.40 bits per heavy atom. The van der Waals surface area contributed by atoms with Gasteiger partial charge in [0.25, 0.3) is 5.91 Å². The van der Waals surface area contributed by atoms with Crippen molar-refractivity contribution < 1.29 is 14.3 Å². The van der Waals surface area contributed by atoms with E-state index in [1.807, 2.05) is 25.2 Å². The van der Waals surface area contributed by atoms with E-state index in [4.69, 9.17) is 9.47 Å². The van der Waals surface area contributed by atoms with Gasteiger partial charge in [-0.1, -0.05) is 0 Å². The largest absolute Gasteiger partial charge is 0.493 e. The smallest absolute Gasteiger partial charge is 0.257 e. The van der Waals surface area contributed by atoms with Crippen LogP contribution in [0.3, 0.4) is 0 Å². The molecule has 0 N–H and O–H groups in total. The molecule has 2 aliphatic heterocycles. The van der Waals surface area contributed by atoms with E-state index in [1.54, 1.807) is 11.9 Å². The molecule has 1 atom stereocenters. The quantitative estimate of drug-likeness (QED) is 0.805. The van der Waals surface area contributed by atoms with Gasteiger partial charge in [0.1, 0.15) is 11.9 Å². The van der Waals surface area contributed by atoms with Crippen LogP contribution in [0.25, 0.3) is 0 Å². The van der Waals surface area contributed by atoms with Crippen molar-refractivity contribution in [3.63, 3.8) is 0 Å². The molecule has 2 aliphatic rings. The predicted octanol–water partition coefficient (Wildman–Crippen LogP) is 0.915. The fraction of sp³-hybridized carbons (Fsp3) is 0.533. The van der Waals surface area contributed by atoms with Gasteiger partial charge in [-0.05, 0) is 30.8 Å². The highest BCUT2D eigenvalue weighted by Crippen LogP contribution is 2.29. The summed E-state index contributed by atoms with van der Waals surface area (Å²) in [6, 6.07) is 5.90. The highest BCUT2D eigenvalue weighted by atomic mass is 16.5. The Bertz CT molecular complexity index is 518. The van der Waals surface area contributed by atoms with Gasteiger partial charge in [-0.2, -0.15) is 0 Å². The molecule has 1 amide bonds. The minimum atomic E-state index is -0.372. The van der Waals surface area contributed by atoms with Gasteiger partial charge >= 0.3 is 0 Å². The number of carbonyl (C=O) groups excluding carboxylic acids is 1. The second-order valence-electron chi connectivity index (χ2n) is 5.41. The summed E-state index contributed by atoms with van der Waals surface area (Å²) < 4.78 is 11.1. The summed E-state index contributed by atoms with van der Waals surface area (Å²) in [6.45, 7) is 2.87. The Morgan fingerprint density at radius 3 is 3.05 bits per heavy atom. The van der Waals surface area contributed by atoms with Crippen LogP contribution in [0.2, 0.25) is 0 Å². The number of hydrogen-bond acceptors (Lipinski definition) is 4. The summed E-state index contributed by atoms with van der Waals surface area (Å²) >= 11 is 0.